The van der Waals surface area contributed by atoms with Crippen molar-refractivity contribution in [3.05, 3.63) is 58.3 Å². The van der Waals surface area contributed by atoms with Gasteiger partial charge in [-0.15, -0.1) is 11.8 Å². The molecule has 0 saturated carbocycles. The summed E-state index contributed by atoms with van der Waals surface area (Å²) < 4.78 is 26.6. The SMILES string of the molecule is Fc1ccc(SCc2cncc(Br)c2)cc1F. The van der Waals surface area contributed by atoms with Gasteiger partial charge in [-0.1, -0.05) is 0 Å². The van der Waals surface area contributed by atoms with Crippen molar-refractivity contribution in [2.75, 3.05) is 0 Å². The predicted molar refractivity (Wildman–Crippen MR) is 67.9 cm³/mol. The molecule has 1 heterocycles. The summed E-state index contributed by atoms with van der Waals surface area (Å²) in [6.45, 7) is 0. The Morgan fingerprint density at radius 2 is 1.94 bits per heavy atom. The van der Waals surface area contributed by atoms with E-state index in [2.05, 4.69) is 20.9 Å². The molecule has 0 aliphatic carbocycles. The van der Waals surface area contributed by atoms with Crippen molar-refractivity contribution in [3.8, 4) is 0 Å². The number of hydrogen-bond donors (Lipinski definition) is 0. The summed E-state index contributed by atoms with van der Waals surface area (Å²) in [6, 6.07) is 5.84. The van der Waals surface area contributed by atoms with E-state index >= 15 is 0 Å². The zero-order chi connectivity index (χ0) is 12.3. The molecule has 0 aliphatic heterocycles. The molecule has 0 spiro atoms. The monoisotopic (exact) mass is 315 g/mol. The molecule has 0 atom stereocenters. The first-order valence-corrected chi connectivity index (χ1v) is 6.60. The molecule has 2 aromatic rings. The number of pyridine rings is 1. The van der Waals surface area contributed by atoms with Gasteiger partial charge in [-0.2, -0.15) is 0 Å². The average Bonchev–Trinajstić information content (AvgIpc) is 2.31. The lowest BCUT2D eigenvalue weighted by Gasteiger charge is -2.02. The summed E-state index contributed by atoms with van der Waals surface area (Å²) in [5, 5.41) is 0. The summed E-state index contributed by atoms with van der Waals surface area (Å²) in [6.07, 6.45) is 3.45. The van der Waals surface area contributed by atoms with Gasteiger partial charge < -0.3 is 0 Å². The van der Waals surface area contributed by atoms with Crippen molar-refractivity contribution in [3.63, 3.8) is 0 Å². The topological polar surface area (TPSA) is 12.9 Å². The van der Waals surface area contributed by atoms with E-state index in [1.54, 1.807) is 18.5 Å². The number of halogens is 3. The summed E-state index contributed by atoms with van der Waals surface area (Å²) in [5.41, 5.74) is 1.02. The Morgan fingerprint density at radius 3 is 2.65 bits per heavy atom. The molecule has 1 nitrogen and oxygen atoms in total. The number of rotatable bonds is 3. The van der Waals surface area contributed by atoms with Gasteiger partial charge in [-0.25, -0.2) is 8.78 Å². The third-order valence-corrected chi connectivity index (χ3v) is 3.56. The molecule has 1 aromatic carbocycles. The van der Waals surface area contributed by atoms with E-state index in [1.165, 1.54) is 17.8 Å². The second-order valence-electron chi connectivity index (χ2n) is 3.38. The van der Waals surface area contributed by atoms with Crippen LogP contribution in [0.3, 0.4) is 0 Å². The molecular formula is C12H8BrF2NS. The fourth-order valence-electron chi connectivity index (χ4n) is 1.27. The minimum absolute atomic E-state index is 0.664. The average molecular weight is 316 g/mol. The van der Waals surface area contributed by atoms with Crippen LogP contribution in [0.25, 0.3) is 0 Å². The quantitative estimate of drug-likeness (QED) is 0.778. The number of benzene rings is 1. The standard InChI is InChI=1S/C12H8BrF2NS/c13-9-3-8(5-16-6-9)7-17-10-1-2-11(14)12(15)4-10/h1-6H,7H2. The van der Waals surface area contributed by atoms with Crippen LogP contribution in [0.1, 0.15) is 5.56 Å². The van der Waals surface area contributed by atoms with Crippen LogP contribution < -0.4 is 0 Å². The maximum atomic E-state index is 13.0. The molecular weight excluding hydrogens is 308 g/mol. The normalized spacial score (nSPS) is 10.5. The Balaban J connectivity index is 2.05. The lowest BCUT2D eigenvalue weighted by molar-refractivity contribution is 0.506. The molecule has 0 amide bonds. The Morgan fingerprint density at radius 1 is 1.12 bits per heavy atom. The summed E-state index contributed by atoms with van der Waals surface area (Å²) in [7, 11) is 0. The van der Waals surface area contributed by atoms with Crippen LogP contribution in [0.5, 0.6) is 0 Å². The van der Waals surface area contributed by atoms with Crippen molar-refractivity contribution in [1.82, 2.24) is 4.98 Å². The van der Waals surface area contributed by atoms with Gasteiger partial charge in [-0.3, -0.25) is 4.98 Å². The lowest BCUT2D eigenvalue weighted by atomic mass is 10.3. The van der Waals surface area contributed by atoms with Gasteiger partial charge >= 0.3 is 0 Å². The Labute approximate surface area is 110 Å². The molecule has 0 fully saturated rings. The van der Waals surface area contributed by atoms with E-state index < -0.39 is 11.6 Å². The van der Waals surface area contributed by atoms with Gasteiger partial charge in [0.05, 0.1) is 0 Å². The maximum Gasteiger partial charge on any atom is 0.159 e. The maximum absolute atomic E-state index is 13.0. The highest BCUT2D eigenvalue weighted by Crippen LogP contribution is 2.24. The third kappa shape index (κ3) is 3.51. The molecule has 1 aromatic heterocycles. The smallest absolute Gasteiger partial charge is 0.159 e. The van der Waals surface area contributed by atoms with E-state index in [0.29, 0.717) is 10.6 Å². The minimum Gasteiger partial charge on any atom is -0.263 e. The molecule has 0 radical (unpaired) electrons. The first kappa shape index (κ1) is 12.5. The molecule has 0 unspecified atom stereocenters. The van der Waals surface area contributed by atoms with Gasteiger partial charge in [0.2, 0.25) is 0 Å². The third-order valence-electron chi connectivity index (χ3n) is 2.06. The van der Waals surface area contributed by atoms with Crippen LogP contribution in [0, 0.1) is 11.6 Å². The lowest BCUT2D eigenvalue weighted by Crippen LogP contribution is -1.86. The van der Waals surface area contributed by atoms with Crippen molar-refractivity contribution in [1.29, 1.82) is 0 Å². The highest BCUT2D eigenvalue weighted by molar-refractivity contribution is 9.10. The summed E-state index contributed by atoms with van der Waals surface area (Å²) >= 11 is 4.77. The fraction of sp³-hybridized carbons (Fsp3) is 0.0833. The van der Waals surface area contributed by atoms with Crippen molar-refractivity contribution >= 4 is 27.7 Å². The van der Waals surface area contributed by atoms with Crippen LogP contribution in [-0.4, -0.2) is 4.98 Å². The number of aromatic nitrogens is 1. The zero-order valence-corrected chi connectivity index (χ0v) is 11.1. The van der Waals surface area contributed by atoms with E-state index in [0.717, 1.165) is 16.1 Å². The Hall–Kier alpha value is -0.940. The highest BCUT2D eigenvalue weighted by atomic mass is 79.9. The Kier molecular flexibility index (Phi) is 4.12. The number of thioether (sulfide) groups is 1. The van der Waals surface area contributed by atoms with Crippen LogP contribution in [-0.2, 0) is 5.75 Å². The van der Waals surface area contributed by atoms with E-state index in [-0.39, 0.29) is 0 Å². The second-order valence-corrected chi connectivity index (χ2v) is 5.34. The van der Waals surface area contributed by atoms with Gasteiger partial charge in [0.25, 0.3) is 0 Å². The Bertz CT molecular complexity index is 534. The summed E-state index contributed by atoms with van der Waals surface area (Å²) in [5.74, 6) is -0.974. The van der Waals surface area contributed by atoms with Gasteiger partial charge in [0.1, 0.15) is 0 Å². The van der Waals surface area contributed by atoms with Gasteiger partial charge in [-0.05, 0) is 45.8 Å². The highest BCUT2D eigenvalue weighted by Gasteiger charge is 2.03. The van der Waals surface area contributed by atoms with Crippen molar-refractivity contribution < 1.29 is 8.78 Å². The van der Waals surface area contributed by atoms with Crippen molar-refractivity contribution in [2.24, 2.45) is 0 Å². The largest absolute Gasteiger partial charge is 0.263 e. The second kappa shape index (κ2) is 5.60. The molecule has 0 saturated heterocycles. The molecule has 88 valence electrons. The van der Waals surface area contributed by atoms with Gasteiger partial charge in [0.15, 0.2) is 11.6 Å². The van der Waals surface area contributed by atoms with Crippen LogP contribution in [0.4, 0.5) is 8.78 Å². The molecule has 0 N–H and O–H groups in total. The van der Waals surface area contributed by atoms with Crippen LogP contribution >= 0.6 is 27.7 Å². The van der Waals surface area contributed by atoms with Crippen LogP contribution in [0.2, 0.25) is 0 Å². The van der Waals surface area contributed by atoms with Gasteiger partial charge in [0, 0.05) is 27.5 Å². The number of nitrogens with zero attached hydrogens (tertiary/aromatic N) is 1. The van der Waals surface area contributed by atoms with E-state index in [4.69, 9.17) is 0 Å². The molecule has 17 heavy (non-hydrogen) atoms. The fourth-order valence-corrected chi connectivity index (χ4v) is 2.52. The van der Waals surface area contributed by atoms with Crippen molar-refractivity contribution in [2.45, 2.75) is 10.6 Å². The summed E-state index contributed by atoms with van der Waals surface area (Å²) in [4.78, 5) is 4.73. The zero-order valence-electron chi connectivity index (χ0n) is 8.66. The molecule has 0 aliphatic rings. The van der Waals surface area contributed by atoms with E-state index in [1.807, 2.05) is 6.07 Å². The van der Waals surface area contributed by atoms with Crippen LogP contribution in [0.15, 0.2) is 46.0 Å². The molecule has 2 rings (SSSR count). The first-order chi connectivity index (χ1) is 8.15. The first-order valence-electron chi connectivity index (χ1n) is 4.82. The predicted octanol–water partition coefficient (Wildman–Crippen LogP) is 4.41. The molecule has 0 bridgehead atoms. The van der Waals surface area contributed by atoms with E-state index in [9.17, 15) is 8.78 Å². The molecule has 5 heteroatoms. The number of hydrogen-bond acceptors (Lipinski definition) is 2. The minimum atomic E-state index is -0.821.